The molecule has 0 bridgehead atoms. The minimum absolute atomic E-state index is 0.0184. The topological polar surface area (TPSA) is 63.6 Å². The largest absolute Gasteiger partial charge is 0.465 e. The number of ketones is 1. The molecule has 0 amide bonds. The van der Waals surface area contributed by atoms with Crippen LogP contribution in [0.4, 0.5) is 0 Å². The van der Waals surface area contributed by atoms with E-state index < -0.39 is 12.1 Å². The van der Waals surface area contributed by atoms with Crippen LogP contribution in [0.15, 0.2) is 24.3 Å². The molecule has 1 rings (SSSR count). The summed E-state index contributed by atoms with van der Waals surface area (Å²) in [4.78, 5) is 23.3. The second-order valence-electron chi connectivity index (χ2n) is 3.73. The van der Waals surface area contributed by atoms with Gasteiger partial charge in [-0.25, -0.2) is 4.79 Å². The molecule has 0 saturated heterocycles. The lowest BCUT2D eigenvalue weighted by Gasteiger charge is -2.09. The summed E-state index contributed by atoms with van der Waals surface area (Å²) in [6.45, 7) is 1.80. The summed E-state index contributed by atoms with van der Waals surface area (Å²) in [5.74, 6) is -0.791. The first-order valence-electron chi connectivity index (χ1n) is 5.48. The van der Waals surface area contributed by atoms with Gasteiger partial charge >= 0.3 is 5.97 Å². The second kappa shape index (κ2) is 6.15. The van der Waals surface area contributed by atoms with Crippen LogP contribution >= 0.6 is 0 Å². The van der Waals surface area contributed by atoms with Gasteiger partial charge in [0.05, 0.1) is 18.8 Å². The van der Waals surface area contributed by atoms with E-state index in [1.54, 1.807) is 25.1 Å². The molecule has 1 unspecified atom stereocenters. The summed E-state index contributed by atoms with van der Waals surface area (Å²) in [5, 5.41) is 9.44. The fourth-order valence-electron chi connectivity index (χ4n) is 1.48. The Morgan fingerprint density at radius 2 is 1.88 bits per heavy atom. The molecule has 0 heterocycles. The highest BCUT2D eigenvalue weighted by molar-refractivity contribution is 6.06. The van der Waals surface area contributed by atoms with Crippen molar-refractivity contribution in [2.24, 2.45) is 0 Å². The quantitative estimate of drug-likeness (QED) is 0.625. The number of carbonyl (C=O) groups excluding carboxylic acids is 2. The number of ether oxygens (including phenoxy) is 1. The lowest BCUT2D eigenvalue weighted by molar-refractivity contribution is 0.0595. The van der Waals surface area contributed by atoms with E-state index in [4.69, 9.17) is 0 Å². The van der Waals surface area contributed by atoms with E-state index in [0.717, 1.165) is 0 Å². The highest BCUT2D eigenvalue weighted by Crippen LogP contribution is 2.14. The van der Waals surface area contributed by atoms with Gasteiger partial charge in [0, 0.05) is 12.0 Å². The van der Waals surface area contributed by atoms with Gasteiger partial charge in [-0.15, -0.1) is 0 Å². The highest BCUT2D eigenvalue weighted by Gasteiger charge is 2.18. The molecule has 0 radical (unpaired) electrons. The first-order valence-corrected chi connectivity index (χ1v) is 5.48. The van der Waals surface area contributed by atoms with E-state index in [2.05, 4.69) is 4.74 Å². The van der Waals surface area contributed by atoms with Crippen molar-refractivity contribution in [3.8, 4) is 0 Å². The standard InChI is InChI=1S/C13H16O4/c1-3-9(14)8-12(15)10-6-4-5-7-11(10)13(16)17-2/h4-7,9,14H,3,8H2,1-2H3. The van der Waals surface area contributed by atoms with Gasteiger partial charge in [0.25, 0.3) is 0 Å². The van der Waals surface area contributed by atoms with Gasteiger partial charge in [-0.05, 0) is 12.5 Å². The molecular formula is C13H16O4. The van der Waals surface area contributed by atoms with Gasteiger partial charge in [-0.2, -0.15) is 0 Å². The van der Waals surface area contributed by atoms with E-state index in [-0.39, 0.29) is 17.8 Å². The van der Waals surface area contributed by atoms with E-state index in [1.807, 2.05) is 0 Å². The van der Waals surface area contributed by atoms with E-state index in [0.29, 0.717) is 12.0 Å². The van der Waals surface area contributed by atoms with Crippen molar-refractivity contribution in [3.63, 3.8) is 0 Å². The SMILES string of the molecule is CCC(O)CC(=O)c1ccccc1C(=O)OC. The zero-order valence-electron chi connectivity index (χ0n) is 9.97. The smallest absolute Gasteiger partial charge is 0.338 e. The molecule has 0 aliphatic rings. The van der Waals surface area contributed by atoms with Crippen molar-refractivity contribution < 1.29 is 19.4 Å². The lowest BCUT2D eigenvalue weighted by atomic mass is 9.99. The minimum atomic E-state index is -0.673. The molecule has 0 aromatic heterocycles. The summed E-state index contributed by atoms with van der Waals surface area (Å²) in [6, 6.07) is 6.45. The van der Waals surface area contributed by atoms with Crippen LogP contribution in [-0.4, -0.2) is 30.1 Å². The van der Waals surface area contributed by atoms with Crippen molar-refractivity contribution in [3.05, 3.63) is 35.4 Å². The van der Waals surface area contributed by atoms with Crippen LogP contribution in [0.1, 0.15) is 40.5 Å². The number of esters is 1. The number of hydrogen-bond acceptors (Lipinski definition) is 4. The number of rotatable bonds is 5. The van der Waals surface area contributed by atoms with Crippen molar-refractivity contribution in [2.75, 3.05) is 7.11 Å². The van der Waals surface area contributed by atoms with Gasteiger partial charge < -0.3 is 9.84 Å². The summed E-state index contributed by atoms with van der Waals surface area (Å²) in [6.07, 6.45) is -0.149. The third-order valence-corrected chi connectivity index (χ3v) is 2.53. The molecule has 0 spiro atoms. The number of benzene rings is 1. The molecule has 1 aromatic rings. The molecule has 92 valence electrons. The van der Waals surface area contributed by atoms with Crippen LogP contribution in [0, 0.1) is 0 Å². The van der Waals surface area contributed by atoms with E-state index in [9.17, 15) is 14.7 Å². The predicted octanol–water partition coefficient (Wildman–Crippen LogP) is 1.82. The fraction of sp³-hybridized carbons (Fsp3) is 0.385. The van der Waals surface area contributed by atoms with Crippen LogP contribution in [0.3, 0.4) is 0 Å². The molecule has 17 heavy (non-hydrogen) atoms. The van der Waals surface area contributed by atoms with Gasteiger partial charge in [-0.3, -0.25) is 4.79 Å². The van der Waals surface area contributed by atoms with Gasteiger partial charge in [0.2, 0.25) is 0 Å². The maximum Gasteiger partial charge on any atom is 0.338 e. The second-order valence-corrected chi connectivity index (χ2v) is 3.73. The predicted molar refractivity (Wildman–Crippen MR) is 63.0 cm³/mol. The van der Waals surface area contributed by atoms with Crippen LogP contribution in [0.5, 0.6) is 0 Å². The number of aliphatic hydroxyl groups is 1. The normalized spacial score (nSPS) is 11.9. The van der Waals surface area contributed by atoms with Crippen molar-refractivity contribution in [1.82, 2.24) is 0 Å². The molecule has 1 atom stereocenters. The van der Waals surface area contributed by atoms with Crippen LogP contribution < -0.4 is 0 Å². The fourth-order valence-corrected chi connectivity index (χ4v) is 1.48. The molecule has 4 heteroatoms. The zero-order chi connectivity index (χ0) is 12.8. The Morgan fingerprint density at radius 3 is 2.41 bits per heavy atom. The van der Waals surface area contributed by atoms with Crippen molar-refractivity contribution in [2.45, 2.75) is 25.9 Å². The van der Waals surface area contributed by atoms with Gasteiger partial charge in [-0.1, -0.05) is 25.1 Å². The summed E-state index contributed by atoms with van der Waals surface area (Å²) < 4.78 is 4.60. The number of methoxy groups -OCH3 is 1. The maximum absolute atomic E-state index is 11.9. The third-order valence-electron chi connectivity index (χ3n) is 2.53. The van der Waals surface area contributed by atoms with Crippen molar-refractivity contribution in [1.29, 1.82) is 0 Å². The molecule has 0 aliphatic heterocycles. The average Bonchev–Trinajstić information content (AvgIpc) is 2.37. The Labute approximate surface area is 100 Å². The summed E-state index contributed by atoms with van der Waals surface area (Å²) in [5.41, 5.74) is 0.537. The first-order chi connectivity index (χ1) is 8.10. The van der Waals surface area contributed by atoms with Crippen molar-refractivity contribution >= 4 is 11.8 Å². The highest BCUT2D eigenvalue weighted by atomic mass is 16.5. The Morgan fingerprint density at radius 1 is 1.29 bits per heavy atom. The van der Waals surface area contributed by atoms with E-state index in [1.165, 1.54) is 13.2 Å². The Balaban J connectivity index is 2.97. The number of Topliss-reactive ketones (excluding diaryl/α,β-unsaturated/α-hetero) is 1. The number of aliphatic hydroxyl groups excluding tert-OH is 1. The Kier molecular flexibility index (Phi) is 4.84. The number of hydrogen-bond donors (Lipinski definition) is 1. The van der Waals surface area contributed by atoms with E-state index >= 15 is 0 Å². The summed E-state index contributed by atoms with van der Waals surface area (Å²) >= 11 is 0. The first kappa shape index (κ1) is 13.4. The monoisotopic (exact) mass is 236 g/mol. The molecular weight excluding hydrogens is 220 g/mol. The van der Waals surface area contributed by atoms with Gasteiger partial charge in [0.15, 0.2) is 5.78 Å². The number of carbonyl (C=O) groups is 2. The van der Waals surface area contributed by atoms with Crippen LogP contribution in [0.2, 0.25) is 0 Å². The Bertz CT molecular complexity index is 412. The molecule has 1 N–H and O–H groups in total. The van der Waals surface area contributed by atoms with Gasteiger partial charge in [0.1, 0.15) is 0 Å². The molecule has 0 aliphatic carbocycles. The Hall–Kier alpha value is -1.68. The molecule has 0 fully saturated rings. The maximum atomic E-state index is 11.9. The van der Waals surface area contributed by atoms with Crippen LogP contribution in [0.25, 0.3) is 0 Å². The zero-order valence-corrected chi connectivity index (χ0v) is 9.97. The molecule has 4 nitrogen and oxygen atoms in total. The van der Waals surface area contributed by atoms with Crippen LogP contribution in [-0.2, 0) is 4.74 Å². The average molecular weight is 236 g/mol. The lowest BCUT2D eigenvalue weighted by Crippen LogP contribution is -2.16. The summed E-state index contributed by atoms with van der Waals surface area (Å²) in [7, 11) is 1.27. The minimum Gasteiger partial charge on any atom is -0.465 e. The molecule has 1 aromatic carbocycles. The molecule has 0 saturated carbocycles. The third kappa shape index (κ3) is 3.39.